The molecule has 1 amide bonds. The van der Waals surface area contributed by atoms with Crippen LogP contribution in [-0.4, -0.2) is 53.1 Å². The SMILES string of the molecule is NCC[C@@H]1CN(C(=O)c2cccc(-c3nc4ccccc4[nH]3)c2)CCO1. The molecule has 2 aromatic carbocycles. The van der Waals surface area contributed by atoms with Crippen LogP contribution >= 0.6 is 0 Å². The fourth-order valence-corrected chi connectivity index (χ4v) is 3.34. The summed E-state index contributed by atoms with van der Waals surface area (Å²) in [6.45, 7) is 2.31. The number of ether oxygens (including phenoxy) is 1. The van der Waals surface area contributed by atoms with Gasteiger partial charge in [0.2, 0.25) is 0 Å². The number of H-pyrrole nitrogens is 1. The summed E-state index contributed by atoms with van der Waals surface area (Å²) in [6.07, 6.45) is 0.791. The smallest absolute Gasteiger partial charge is 0.254 e. The number of aromatic nitrogens is 2. The molecule has 2 heterocycles. The van der Waals surface area contributed by atoms with Gasteiger partial charge in [0.25, 0.3) is 5.91 Å². The summed E-state index contributed by atoms with van der Waals surface area (Å²) in [7, 11) is 0. The summed E-state index contributed by atoms with van der Waals surface area (Å²) in [6, 6.07) is 15.5. The van der Waals surface area contributed by atoms with Crippen molar-refractivity contribution in [1.29, 1.82) is 0 Å². The Kier molecular flexibility index (Phi) is 4.69. The van der Waals surface area contributed by atoms with Crippen molar-refractivity contribution < 1.29 is 9.53 Å². The van der Waals surface area contributed by atoms with Crippen molar-refractivity contribution in [2.24, 2.45) is 5.73 Å². The highest BCUT2D eigenvalue weighted by atomic mass is 16.5. The van der Waals surface area contributed by atoms with Crippen LogP contribution in [0.2, 0.25) is 0 Å². The number of morpholine rings is 1. The van der Waals surface area contributed by atoms with E-state index < -0.39 is 0 Å². The highest BCUT2D eigenvalue weighted by Crippen LogP contribution is 2.22. The van der Waals surface area contributed by atoms with E-state index in [1.807, 2.05) is 53.4 Å². The molecule has 134 valence electrons. The Bertz CT molecular complexity index is 886. The summed E-state index contributed by atoms with van der Waals surface area (Å²) in [5.41, 5.74) is 9.08. The zero-order valence-corrected chi connectivity index (χ0v) is 14.5. The molecule has 1 aliphatic rings. The van der Waals surface area contributed by atoms with Gasteiger partial charge in [-0.25, -0.2) is 4.98 Å². The fraction of sp³-hybridized carbons (Fsp3) is 0.300. The second kappa shape index (κ2) is 7.27. The third-order valence-electron chi connectivity index (χ3n) is 4.69. The number of nitrogens with one attached hydrogen (secondary N) is 1. The first-order chi connectivity index (χ1) is 12.7. The lowest BCUT2D eigenvalue weighted by atomic mass is 10.1. The van der Waals surface area contributed by atoms with Crippen LogP contribution in [0.15, 0.2) is 48.5 Å². The second-order valence-corrected chi connectivity index (χ2v) is 6.50. The van der Waals surface area contributed by atoms with Gasteiger partial charge in [0, 0.05) is 24.2 Å². The minimum absolute atomic E-state index is 0.0216. The molecule has 0 bridgehead atoms. The van der Waals surface area contributed by atoms with Gasteiger partial charge in [-0.1, -0.05) is 24.3 Å². The fourth-order valence-electron chi connectivity index (χ4n) is 3.34. The van der Waals surface area contributed by atoms with Crippen LogP contribution < -0.4 is 5.73 Å². The first-order valence-corrected chi connectivity index (χ1v) is 8.91. The van der Waals surface area contributed by atoms with E-state index in [1.54, 1.807) is 0 Å². The number of hydrogen-bond donors (Lipinski definition) is 2. The molecular formula is C20H22N4O2. The van der Waals surface area contributed by atoms with Gasteiger partial charge in [-0.15, -0.1) is 0 Å². The van der Waals surface area contributed by atoms with Crippen LogP contribution in [0.25, 0.3) is 22.4 Å². The number of fused-ring (bicyclic) bond motifs is 1. The number of aromatic amines is 1. The Morgan fingerprint density at radius 1 is 1.27 bits per heavy atom. The van der Waals surface area contributed by atoms with Crippen molar-refractivity contribution in [3.63, 3.8) is 0 Å². The molecule has 0 spiro atoms. The van der Waals surface area contributed by atoms with E-state index in [2.05, 4.69) is 9.97 Å². The van der Waals surface area contributed by atoms with Crippen LogP contribution in [0.5, 0.6) is 0 Å². The predicted molar refractivity (Wildman–Crippen MR) is 101 cm³/mol. The Morgan fingerprint density at radius 2 is 2.15 bits per heavy atom. The molecule has 1 saturated heterocycles. The number of para-hydroxylation sites is 2. The highest BCUT2D eigenvalue weighted by Gasteiger charge is 2.24. The first-order valence-electron chi connectivity index (χ1n) is 8.91. The lowest BCUT2D eigenvalue weighted by Crippen LogP contribution is -2.46. The Balaban J connectivity index is 1.58. The molecule has 26 heavy (non-hydrogen) atoms. The number of rotatable bonds is 4. The van der Waals surface area contributed by atoms with Crippen LogP contribution in [0.4, 0.5) is 0 Å². The first kappa shape index (κ1) is 16.8. The van der Waals surface area contributed by atoms with Gasteiger partial charge in [-0.2, -0.15) is 0 Å². The van der Waals surface area contributed by atoms with E-state index in [9.17, 15) is 4.79 Å². The van der Waals surface area contributed by atoms with Gasteiger partial charge >= 0.3 is 0 Å². The lowest BCUT2D eigenvalue weighted by Gasteiger charge is -2.33. The van der Waals surface area contributed by atoms with Crippen LogP contribution in [-0.2, 0) is 4.74 Å². The maximum absolute atomic E-state index is 12.9. The summed E-state index contributed by atoms with van der Waals surface area (Å²) >= 11 is 0. The number of imidazole rings is 1. The highest BCUT2D eigenvalue weighted by molar-refractivity contribution is 5.95. The van der Waals surface area contributed by atoms with E-state index in [4.69, 9.17) is 10.5 Å². The number of nitrogens with zero attached hydrogens (tertiary/aromatic N) is 2. The number of carbonyl (C=O) groups is 1. The van der Waals surface area contributed by atoms with Gasteiger partial charge in [-0.05, 0) is 37.2 Å². The summed E-state index contributed by atoms with van der Waals surface area (Å²) in [5.74, 6) is 0.789. The summed E-state index contributed by atoms with van der Waals surface area (Å²) < 4.78 is 5.67. The Labute approximate surface area is 152 Å². The number of carbonyl (C=O) groups excluding carboxylic acids is 1. The quantitative estimate of drug-likeness (QED) is 0.757. The number of hydrogen-bond acceptors (Lipinski definition) is 4. The topological polar surface area (TPSA) is 84.2 Å². The van der Waals surface area contributed by atoms with E-state index in [-0.39, 0.29) is 12.0 Å². The minimum atomic E-state index is 0.0216. The van der Waals surface area contributed by atoms with Crippen molar-refractivity contribution in [2.45, 2.75) is 12.5 Å². The maximum Gasteiger partial charge on any atom is 0.254 e. The molecule has 0 saturated carbocycles. The molecule has 0 aliphatic carbocycles. The predicted octanol–water partition coefficient (Wildman–Crippen LogP) is 2.42. The maximum atomic E-state index is 12.9. The number of benzene rings is 2. The molecule has 3 aromatic rings. The average molecular weight is 350 g/mol. The van der Waals surface area contributed by atoms with Crippen molar-refractivity contribution in [1.82, 2.24) is 14.9 Å². The van der Waals surface area contributed by atoms with E-state index in [1.165, 1.54) is 0 Å². The molecule has 4 rings (SSSR count). The van der Waals surface area contributed by atoms with Crippen molar-refractivity contribution in [2.75, 3.05) is 26.2 Å². The zero-order valence-electron chi connectivity index (χ0n) is 14.5. The molecule has 3 N–H and O–H groups in total. The molecule has 1 aliphatic heterocycles. The van der Waals surface area contributed by atoms with Gasteiger partial charge in [0.15, 0.2) is 0 Å². The molecule has 1 aromatic heterocycles. The second-order valence-electron chi connectivity index (χ2n) is 6.50. The molecule has 1 atom stereocenters. The van der Waals surface area contributed by atoms with Crippen molar-refractivity contribution >= 4 is 16.9 Å². The van der Waals surface area contributed by atoms with E-state index in [0.29, 0.717) is 31.8 Å². The normalized spacial score (nSPS) is 17.6. The molecular weight excluding hydrogens is 328 g/mol. The van der Waals surface area contributed by atoms with Crippen LogP contribution in [0.1, 0.15) is 16.8 Å². The van der Waals surface area contributed by atoms with Crippen LogP contribution in [0, 0.1) is 0 Å². The molecule has 0 radical (unpaired) electrons. The van der Waals surface area contributed by atoms with Crippen LogP contribution in [0.3, 0.4) is 0 Å². The van der Waals surface area contributed by atoms with E-state index >= 15 is 0 Å². The molecule has 6 nitrogen and oxygen atoms in total. The summed E-state index contributed by atoms with van der Waals surface area (Å²) in [5, 5.41) is 0. The third kappa shape index (κ3) is 3.34. The number of amides is 1. The van der Waals surface area contributed by atoms with Gasteiger partial charge in [0.1, 0.15) is 5.82 Å². The van der Waals surface area contributed by atoms with Gasteiger partial charge in [-0.3, -0.25) is 4.79 Å². The average Bonchev–Trinajstić information content (AvgIpc) is 3.12. The molecule has 0 unspecified atom stereocenters. The van der Waals surface area contributed by atoms with Gasteiger partial charge < -0.3 is 20.4 Å². The van der Waals surface area contributed by atoms with Gasteiger partial charge in [0.05, 0.1) is 23.7 Å². The Morgan fingerprint density at radius 3 is 3.00 bits per heavy atom. The standard InChI is InChI=1S/C20H22N4O2/c21-9-8-16-13-24(10-11-26-16)20(25)15-5-3-4-14(12-15)19-22-17-6-1-2-7-18(17)23-19/h1-7,12,16H,8-11,13,21H2,(H,22,23)/t16-/m1/s1. The lowest BCUT2D eigenvalue weighted by molar-refractivity contribution is -0.0236. The minimum Gasteiger partial charge on any atom is -0.374 e. The number of nitrogens with two attached hydrogens (primary N) is 1. The van der Waals surface area contributed by atoms with Crippen molar-refractivity contribution in [3.05, 3.63) is 54.1 Å². The van der Waals surface area contributed by atoms with E-state index in [0.717, 1.165) is 28.8 Å². The third-order valence-corrected chi connectivity index (χ3v) is 4.69. The monoisotopic (exact) mass is 350 g/mol. The molecule has 6 heteroatoms. The zero-order chi connectivity index (χ0) is 17.9. The largest absolute Gasteiger partial charge is 0.374 e. The molecule has 1 fully saturated rings. The Hall–Kier alpha value is -2.70. The summed E-state index contributed by atoms with van der Waals surface area (Å²) in [4.78, 5) is 22.7. The van der Waals surface area contributed by atoms with Crippen molar-refractivity contribution in [3.8, 4) is 11.4 Å².